The third-order valence-corrected chi connectivity index (χ3v) is 3.58. The van der Waals surface area contributed by atoms with E-state index in [-0.39, 0.29) is 5.69 Å². The van der Waals surface area contributed by atoms with Gasteiger partial charge in [-0.2, -0.15) is 41.8 Å². The van der Waals surface area contributed by atoms with E-state index in [2.05, 4.69) is 15.5 Å². The molecule has 2 unspecified atom stereocenters. The van der Waals surface area contributed by atoms with Crippen molar-refractivity contribution in [3.05, 3.63) is 29.3 Å². The first-order valence-corrected chi connectivity index (χ1v) is 6.78. The number of hydrogen-bond donors (Lipinski definition) is 1. The minimum absolute atomic E-state index is 0.316. The standard InChI is InChI=1S/C14H10F6N4O/c1-12(5-10(23-24-12)14(18,19)20)11(25)22-8-3-2-7(6-21)9(4-8)13(15,16)17/h2-4,10H,5H2,1H3,(H,22,25). The van der Waals surface area contributed by atoms with Gasteiger partial charge in [-0.25, -0.2) is 0 Å². The molecule has 0 radical (unpaired) electrons. The molecule has 1 aromatic carbocycles. The molecule has 2 rings (SSSR count). The maximum absolute atomic E-state index is 12.9. The van der Waals surface area contributed by atoms with Gasteiger partial charge in [-0.15, -0.1) is 0 Å². The van der Waals surface area contributed by atoms with Crippen LogP contribution in [-0.2, 0) is 11.0 Å². The van der Waals surface area contributed by atoms with Crippen LogP contribution in [0.1, 0.15) is 24.5 Å². The number of halogens is 6. The molecule has 1 aliphatic rings. The highest BCUT2D eigenvalue weighted by atomic mass is 19.4. The second-order valence-electron chi connectivity index (χ2n) is 5.57. The monoisotopic (exact) mass is 364 g/mol. The van der Waals surface area contributed by atoms with E-state index in [4.69, 9.17) is 5.26 Å². The van der Waals surface area contributed by atoms with Gasteiger partial charge in [-0.3, -0.25) is 4.79 Å². The zero-order valence-corrected chi connectivity index (χ0v) is 12.5. The number of hydrogen-bond acceptors (Lipinski definition) is 4. The van der Waals surface area contributed by atoms with Crippen LogP contribution in [0, 0.1) is 11.3 Å². The van der Waals surface area contributed by atoms with E-state index in [0.29, 0.717) is 6.07 Å². The first-order chi connectivity index (χ1) is 11.4. The molecule has 0 spiro atoms. The minimum Gasteiger partial charge on any atom is -0.324 e. The summed E-state index contributed by atoms with van der Waals surface area (Å²) in [6.07, 6.45) is -10.2. The maximum atomic E-state index is 12.9. The summed E-state index contributed by atoms with van der Waals surface area (Å²) >= 11 is 0. The molecular weight excluding hydrogens is 354 g/mol. The molecule has 5 nitrogen and oxygen atoms in total. The number of nitriles is 1. The zero-order chi connectivity index (χ0) is 19.0. The number of carbonyl (C=O) groups is 1. The first kappa shape index (κ1) is 18.7. The third-order valence-electron chi connectivity index (χ3n) is 3.58. The largest absolute Gasteiger partial charge is 0.417 e. The van der Waals surface area contributed by atoms with Crippen LogP contribution >= 0.6 is 0 Å². The first-order valence-electron chi connectivity index (χ1n) is 6.78. The summed E-state index contributed by atoms with van der Waals surface area (Å²) in [6.45, 7) is 1.10. The molecule has 1 aromatic rings. The molecule has 0 fully saturated rings. The van der Waals surface area contributed by atoms with Crippen LogP contribution in [0.2, 0.25) is 0 Å². The van der Waals surface area contributed by atoms with E-state index in [1.165, 1.54) is 6.07 Å². The number of azo groups is 1. The average molecular weight is 364 g/mol. The highest BCUT2D eigenvalue weighted by molar-refractivity contribution is 5.98. The molecule has 2 atom stereocenters. The summed E-state index contributed by atoms with van der Waals surface area (Å²) in [5.41, 5.74) is -4.08. The van der Waals surface area contributed by atoms with Gasteiger partial charge >= 0.3 is 12.4 Å². The second-order valence-corrected chi connectivity index (χ2v) is 5.57. The van der Waals surface area contributed by atoms with Gasteiger partial charge < -0.3 is 5.32 Å². The lowest BCUT2D eigenvalue weighted by atomic mass is 9.94. The van der Waals surface area contributed by atoms with Crippen LogP contribution in [-0.4, -0.2) is 23.7 Å². The number of rotatable bonds is 2. The zero-order valence-electron chi connectivity index (χ0n) is 12.5. The third kappa shape index (κ3) is 3.89. The quantitative estimate of drug-likeness (QED) is 0.804. The summed E-state index contributed by atoms with van der Waals surface area (Å²) < 4.78 is 76.5. The van der Waals surface area contributed by atoms with Crippen LogP contribution in [0.5, 0.6) is 0 Å². The van der Waals surface area contributed by atoms with Crippen LogP contribution in [0.4, 0.5) is 32.0 Å². The molecule has 0 aromatic heterocycles. The number of alkyl halides is 6. The van der Waals surface area contributed by atoms with Crippen molar-refractivity contribution in [3.63, 3.8) is 0 Å². The molecule has 11 heteroatoms. The molecule has 1 aliphatic heterocycles. The molecule has 1 N–H and O–H groups in total. The average Bonchev–Trinajstić information content (AvgIpc) is 2.90. The Bertz CT molecular complexity index is 764. The topological polar surface area (TPSA) is 77.6 Å². The number of benzene rings is 1. The number of amides is 1. The van der Waals surface area contributed by atoms with Crippen LogP contribution < -0.4 is 5.32 Å². The van der Waals surface area contributed by atoms with Gasteiger partial charge in [-0.05, 0) is 25.1 Å². The fraction of sp³-hybridized carbons (Fsp3) is 0.429. The summed E-state index contributed by atoms with van der Waals surface area (Å²) in [5.74, 6) is -1.03. The number of anilines is 1. The van der Waals surface area contributed by atoms with E-state index in [1.807, 2.05) is 0 Å². The normalized spacial score (nSPS) is 23.4. The molecule has 0 bridgehead atoms. The van der Waals surface area contributed by atoms with Gasteiger partial charge in [0, 0.05) is 12.1 Å². The van der Waals surface area contributed by atoms with Crippen LogP contribution in [0.15, 0.2) is 28.4 Å². The molecule has 25 heavy (non-hydrogen) atoms. The number of nitrogens with zero attached hydrogens (tertiary/aromatic N) is 3. The molecule has 1 heterocycles. The Morgan fingerprint density at radius 1 is 1.32 bits per heavy atom. The Morgan fingerprint density at radius 2 is 1.96 bits per heavy atom. The fourth-order valence-corrected chi connectivity index (χ4v) is 2.19. The lowest BCUT2D eigenvalue weighted by Crippen LogP contribution is -2.40. The smallest absolute Gasteiger partial charge is 0.324 e. The van der Waals surface area contributed by atoms with Crippen molar-refractivity contribution in [2.45, 2.75) is 37.3 Å². The fourth-order valence-electron chi connectivity index (χ4n) is 2.19. The van der Waals surface area contributed by atoms with Crippen molar-refractivity contribution in [3.8, 4) is 6.07 Å². The van der Waals surface area contributed by atoms with E-state index in [1.54, 1.807) is 0 Å². The maximum Gasteiger partial charge on any atom is 0.417 e. The Hall–Kier alpha value is -2.64. The lowest BCUT2D eigenvalue weighted by Gasteiger charge is -2.20. The molecule has 1 amide bonds. The summed E-state index contributed by atoms with van der Waals surface area (Å²) in [4.78, 5) is 12.1. The van der Waals surface area contributed by atoms with Crippen LogP contribution in [0.3, 0.4) is 0 Å². The van der Waals surface area contributed by atoms with Gasteiger partial charge in [0.05, 0.1) is 17.2 Å². The van der Waals surface area contributed by atoms with Crippen molar-refractivity contribution in [1.82, 2.24) is 0 Å². The van der Waals surface area contributed by atoms with Gasteiger partial charge in [0.15, 0.2) is 11.6 Å². The molecule has 0 saturated heterocycles. The Labute approximate surface area is 137 Å². The number of carbonyl (C=O) groups excluding carboxylic acids is 1. The summed E-state index contributed by atoms with van der Waals surface area (Å²) in [7, 11) is 0. The minimum atomic E-state index is -4.83. The molecule has 134 valence electrons. The van der Waals surface area contributed by atoms with Crippen molar-refractivity contribution in [1.29, 1.82) is 5.26 Å². The summed E-state index contributed by atoms with van der Waals surface area (Å²) in [6, 6.07) is 1.67. The SMILES string of the molecule is CC1(C(=O)Nc2ccc(C#N)c(C(F)(F)F)c2)CC(C(F)(F)F)N=N1. The second kappa shape index (κ2) is 6.02. The van der Waals surface area contributed by atoms with Gasteiger partial charge in [0.25, 0.3) is 5.91 Å². The van der Waals surface area contributed by atoms with Crippen LogP contribution in [0.25, 0.3) is 0 Å². The van der Waals surface area contributed by atoms with E-state index >= 15 is 0 Å². The van der Waals surface area contributed by atoms with Crippen molar-refractivity contribution in [2.75, 3.05) is 5.32 Å². The lowest BCUT2D eigenvalue weighted by molar-refractivity contribution is -0.148. The van der Waals surface area contributed by atoms with E-state index in [0.717, 1.165) is 19.1 Å². The molecular formula is C14H10F6N4O. The van der Waals surface area contributed by atoms with Crippen molar-refractivity contribution in [2.24, 2.45) is 10.2 Å². The Balaban J connectivity index is 2.22. The van der Waals surface area contributed by atoms with E-state index in [9.17, 15) is 31.1 Å². The Morgan fingerprint density at radius 3 is 2.44 bits per heavy atom. The van der Waals surface area contributed by atoms with Gasteiger partial charge in [0.2, 0.25) is 0 Å². The van der Waals surface area contributed by atoms with Crippen molar-refractivity contribution < 1.29 is 31.1 Å². The van der Waals surface area contributed by atoms with Gasteiger partial charge in [0.1, 0.15) is 0 Å². The number of nitrogens with one attached hydrogen (secondary N) is 1. The predicted octanol–water partition coefficient (Wildman–Crippen LogP) is 4.06. The predicted molar refractivity (Wildman–Crippen MR) is 72.5 cm³/mol. The molecule has 0 saturated carbocycles. The Kier molecular flexibility index (Phi) is 4.50. The van der Waals surface area contributed by atoms with Crippen molar-refractivity contribution >= 4 is 11.6 Å². The van der Waals surface area contributed by atoms with E-state index < -0.39 is 47.4 Å². The highest BCUT2D eigenvalue weighted by Crippen LogP contribution is 2.38. The van der Waals surface area contributed by atoms with Gasteiger partial charge in [-0.1, -0.05) is 0 Å². The summed E-state index contributed by atoms with van der Waals surface area (Å²) in [5, 5.41) is 17.2. The highest BCUT2D eigenvalue weighted by Gasteiger charge is 2.51. The molecule has 0 aliphatic carbocycles.